The first kappa shape index (κ1) is 15.4. The molecule has 2 heterocycles. The molecule has 1 aromatic heterocycles. The predicted octanol–water partition coefficient (Wildman–Crippen LogP) is 2.58. The standard InChI is InChI=1S/C18H19N3O2S/c19-10-13-1-4-15-16(9-13)24-21(18(15)23)11-12-5-7-20(8-6-12)17(22)14-2-3-14/h1,4,9,12,14H,2-3,5-8,11H2. The van der Waals surface area contributed by atoms with Crippen molar-refractivity contribution in [3.05, 3.63) is 34.1 Å². The van der Waals surface area contributed by atoms with Crippen LogP contribution in [0.5, 0.6) is 0 Å². The number of nitrogens with zero attached hydrogens (tertiary/aromatic N) is 3. The fourth-order valence-electron chi connectivity index (χ4n) is 3.42. The fraction of sp³-hybridized carbons (Fsp3) is 0.500. The Bertz CT molecular complexity index is 880. The van der Waals surface area contributed by atoms with E-state index in [-0.39, 0.29) is 5.56 Å². The lowest BCUT2D eigenvalue weighted by Gasteiger charge is -2.32. The zero-order valence-corrected chi connectivity index (χ0v) is 14.2. The van der Waals surface area contributed by atoms with Crippen LogP contribution in [0.15, 0.2) is 23.0 Å². The molecule has 1 aromatic carbocycles. The lowest BCUT2D eigenvalue weighted by molar-refractivity contribution is -0.134. The van der Waals surface area contributed by atoms with Gasteiger partial charge in [0.1, 0.15) is 0 Å². The Morgan fingerprint density at radius 3 is 2.67 bits per heavy atom. The van der Waals surface area contributed by atoms with Gasteiger partial charge >= 0.3 is 0 Å². The molecule has 0 bridgehead atoms. The highest BCUT2D eigenvalue weighted by Gasteiger charge is 2.35. The average molecular weight is 341 g/mol. The van der Waals surface area contributed by atoms with Crippen LogP contribution in [0.25, 0.3) is 10.1 Å². The van der Waals surface area contributed by atoms with Crippen molar-refractivity contribution in [3.8, 4) is 6.07 Å². The fourth-order valence-corrected chi connectivity index (χ4v) is 4.56. The van der Waals surface area contributed by atoms with Crippen LogP contribution in [0, 0.1) is 23.2 Å². The molecule has 0 radical (unpaired) electrons. The van der Waals surface area contributed by atoms with Crippen molar-refractivity contribution < 1.29 is 4.79 Å². The van der Waals surface area contributed by atoms with E-state index in [9.17, 15) is 9.59 Å². The summed E-state index contributed by atoms with van der Waals surface area (Å²) in [4.78, 5) is 26.6. The summed E-state index contributed by atoms with van der Waals surface area (Å²) >= 11 is 1.44. The van der Waals surface area contributed by atoms with Crippen LogP contribution >= 0.6 is 11.5 Å². The summed E-state index contributed by atoms with van der Waals surface area (Å²) in [6, 6.07) is 7.35. The molecule has 124 valence electrons. The normalized spacial score (nSPS) is 18.7. The molecule has 2 fully saturated rings. The Kier molecular flexibility index (Phi) is 3.89. The Morgan fingerprint density at radius 1 is 1.25 bits per heavy atom. The minimum absolute atomic E-state index is 0.0379. The number of benzene rings is 1. The van der Waals surface area contributed by atoms with Gasteiger partial charge in [0, 0.05) is 25.6 Å². The number of rotatable bonds is 3. The lowest BCUT2D eigenvalue weighted by atomic mass is 9.96. The maximum absolute atomic E-state index is 12.5. The zero-order chi connectivity index (χ0) is 16.7. The van der Waals surface area contributed by atoms with E-state index in [2.05, 4.69) is 6.07 Å². The Balaban J connectivity index is 1.45. The number of hydrogen-bond donors (Lipinski definition) is 0. The summed E-state index contributed by atoms with van der Waals surface area (Å²) in [5.74, 6) is 1.06. The molecule has 0 spiro atoms. The van der Waals surface area contributed by atoms with E-state index < -0.39 is 0 Å². The van der Waals surface area contributed by atoms with Crippen LogP contribution < -0.4 is 5.56 Å². The van der Waals surface area contributed by atoms with Gasteiger partial charge < -0.3 is 4.90 Å². The van der Waals surface area contributed by atoms with Gasteiger partial charge in [-0.05, 0) is 49.8 Å². The second kappa shape index (κ2) is 6.06. The predicted molar refractivity (Wildman–Crippen MR) is 92.8 cm³/mol. The number of likely N-dealkylation sites (tertiary alicyclic amines) is 1. The lowest BCUT2D eigenvalue weighted by Crippen LogP contribution is -2.40. The Morgan fingerprint density at radius 2 is 2.00 bits per heavy atom. The monoisotopic (exact) mass is 341 g/mol. The largest absolute Gasteiger partial charge is 0.342 e. The van der Waals surface area contributed by atoms with Crippen LogP contribution in [-0.4, -0.2) is 27.9 Å². The molecule has 1 amide bonds. The van der Waals surface area contributed by atoms with Gasteiger partial charge in [-0.2, -0.15) is 5.26 Å². The van der Waals surface area contributed by atoms with E-state index >= 15 is 0 Å². The van der Waals surface area contributed by atoms with Crippen molar-refractivity contribution in [1.82, 2.24) is 8.86 Å². The third kappa shape index (κ3) is 2.84. The molecule has 5 nitrogen and oxygen atoms in total. The summed E-state index contributed by atoms with van der Waals surface area (Å²) in [7, 11) is 0. The van der Waals surface area contributed by atoms with Gasteiger partial charge in [-0.15, -0.1) is 0 Å². The van der Waals surface area contributed by atoms with Gasteiger partial charge in [0.2, 0.25) is 5.91 Å². The summed E-state index contributed by atoms with van der Waals surface area (Å²) < 4.78 is 2.69. The molecule has 1 aliphatic heterocycles. The van der Waals surface area contributed by atoms with Gasteiger partial charge in [0.15, 0.2) is 0 Å². The third-order valence-corrected chi connectivity index (χ3v) is 6.12. The van der Waals surface area contributed by atoms with Crippen molar-refractivity contribution in [1.29, 1.82) is 5.26 Å². The van der Waals surface area contributed by atoms with Crippen molar-refractivity contribution in [2.45, 2.75) is 32.2 Å². The van der Waals surface area contributed by atoms with E-state index in [0.717, 1.165) is 43.5 Å². The highest BCUT2D eigenvalue weighted by Crippen LogP contribution is 2.32. The zero-order valence-electron chi connectivity index (χ0n) is 13.4. The molecule has 24 heavy (non-hydrogen) atoms. The van der Waals surface area contributed by atoms with E-state index in [1.807, 2.05) is 8.86 Å². The molecule has 6 heteroatoms. The number of hydrogen-bond acceptors (Lipinski definition) is 4. The van der Waals surface area contributed by atoms with Gasteiger partial charge in [-0.1, -0.05) is 11.5 Å². The van der Waals surface area contributed by atoms with Crippen LogP contribution in [0.3, 0.4) is 0 Å². The number of piperidine rings is 1. The smallest absolute Gasteiger partial charge is 0.268 e. The van der Waals surface area contributed by atoms with E-state index in [4.69, 9.17) is 5.26 Å². The number of carbonyl (C=O) groups is 1. The molecule has 1 saturated heterocycles. The number of aromatic nitrogens is 1. The first-order chi connectivity index (χ1) is 11.7. The van der Waals surface area contributed by atoms with Crippen molar-refractivity contribution in [2.75, 3.05) is 13.1 Å². The molecule has 2 aromatic rings. The number of nitriles is 1. The summed E-state index contributed by atoms with van der Waals surface area (Å²) in [6.07, 6.45) is 4.03. The van der Waals surface area contributed by atoms with Crippen LogP contribution in [-0.2, 0) is 11.3 Å². The Labute approximate surface area is 144 Å². The second-order valence-electron chi connectivity index (χ2n) is 6.82. The third-order valence-electron chi connectivity index (χ3n) is 5.05. The van der Waals surface area contributed by atoms with Gasteiger partial charge in [0.25, 0.3) is 5.56 Å². The number of fused-ring (bicyclic) bond motifs is 1. The van der Waals surface area contributed by atoms with Crippen LogP contribution in [0.4, 0.5) is 0 Å². The first-order valence-electron chi connectivity index (χ1n) is 8.48. The molecule has 0 atom stereocenters. The highest BCUT2D eigenvalue weighted by molar-refractivity contribution is 7.13. The molecule has 1 saturated carbocycles. The molecule has 4 rings (SSSR count). The first-order valence-corrected chi connectivity index (χ1v) is 9.26. The molecule has 0 N–H and O–H groups in total. The summed E-state index contributed by atoms with van der Waals surface area (Å²) in [5.41, 5.74) is 0.624. The molecule has 1 aliphatic carbocycles. The van der Waals surface area contributed by atoms with Crippen LogP contribution in [0.2, 0.25) is 0 Å². The highest BCUT2D eigenvalue weighted by atomic mass is 32.1. The minimum atomic E-state index is 0.0379. The van der Waals surface area contributed by atoms with E-state index in [1.54, 1.807) is 18.2 Å². The molecule has 2 aliphatic rings. The molecular weight excluding hydrogens is 322 g/mol. The summed E-state index contributed by atoms with van der Waals surface area (Å²) in [5, 5.41) is 9.68. The van der Waals surface area contributed by atoms with Crippen LogP contribution in [0.1, 0.15) is 31.2 Å². The van der Waals surface area contributed by atoms with Gasteiger partial charge in [0.05, 0.1) is 21.7 Å². The molecular formula is C18H19N3O2S. The van der Waals surface area contributed by atoms with Gasteiger partial charge in [-0.3, -0.25) is 13.5 Å². The minimum Gasteiger partial charge on any atom is -0.342 e. The topological polar surface area (TPSA) is 66.1 Å². The summed E-state index contributed by atoms with van der Waals surface area (Å²) in [6.45, 7) is 2.35. The average Bonchev–Trinajstić information content (AvgIpc) is 3.41. The maximum Gasteiger partial charge on any atom is 0.268 e. The number of carbonyl (C=O) groups excluding carboxylic acids is 1. The number of amides is 1. The van der Waals surface area contributed by atoms with Crippen molar-refractivity contribution >= 4 is 27.5 Å². The quantitative estimate of drug-likeness (QED) is 0.862. The van der Waals surface area contributed by atoms with E-state index in [0.29, 0.717) is 35.2 Å². The van der Waals surface area contributed by atoms with Crippen molar-refractivity contribution in [2.24, 2.45) is 11.8 Å². The maximum atomic E-state index is 12.5. The van der Waals surface area contributed by atoms with Crippen molar-refractivity contribution in [3.63, 3.8) is 0 Å². The second-order valence-corrected chi connectivity index (χ2v) is 7.89. The van der Waals surface area contributed by atoms with Gasteiger partial charge in [-0.25, -0.2) is 0 Å². The molecule has 0 unspecified atom stereocenters. The Hall–Kier alpha value is -2.13. The van der Waals surface area contributed by atoms with E-state index in [1.165, 1.54) is 11.5 Å². The SMILES string of the molecule is N#Cc1ccc2c(=O)n(CC3CCN(C(=O)C4CC4)CC3)sc2c1.